The summed E-state index contributed by atoms with van der Waals surface area (Å²) in [6.45, 7) is 2.15. The van der Waals surface area contributed by atoms with E-state index in [2.05, 4.69) is 15.5 Å². The Bertz CT molecular complexity index is 698. The van der Waals surface area contributed by atoms with Gasteiger partial charge in [0.15, 0.2) is 0 Å². The zero-order chi connectivity index (χ0) is 17.0. The van der Waals surface area contributed by atoms with Crippen molar-refractivity contribution in [3.05, 3.63) is 51.8 Å². The fraction of sp³-hybridized carbons (Fsp3) is 0.333. The summed E-state index contributed by atoms with van der Waals surface area (Å²) in [5.41, 5.74) is 0.490. The number of carbonyl (C=O) groups excluding carboxylic acids is 1. The first-order chi connectivity index (χ1) is 10.8. The summed E-state index contributed by atoms with van der Waals surface area (Å²) >= 11 is 5.59. The molecule has 2 N–H and O–H groups in total. The van der Waals surface area contributed by atoms with E-state index in [-0.39, 0.29) is 11.6 Å². The molecule has 124 valence electrons. The van der Waals surface area contributed by atoms with E-state index in [0.29, 0.717) is 12.8 Å². The Morgan fingerprint density at radius 1 is 1.39 bits per heavy atom. The van der Waals surface area contributed by atoms with Crippen molar-refractivity contribution in [1.29, 1.82) is 0 Å². The number of benzene rings is 1. The first-order valence-electron chi connectivity index (χ1n) is 6.93. The lowest BCUT2D eigenvalue weighted by molar-refractivity contribution is -0.137. The average Bonchev–Trinajstić information content (AvgIpc) is 2.88. The molecule has 0 aliphatic heterocycles. The molecule has 0 aliphatic rings. The van der Waals surface area contributed by atoms with Gasteiger partial charge in [0.05, 0.1) is 17.3 Å². The van der Waals surface area contributed by atoms with Gasteiger partial charge in [0.2, 0.25) is 0 Å². The number of nitrogens with one attached hydrogen (secondary N) is 2. The van der Waals surface area contributed by atoms with Crippen molar-refractivity contribution in [1.82, 2.24) is 15.5 Å². The van der Waals surface area contributed by atoms with Gasteiger partial charge in [-0.1, -0.05) is 11.6 Å². The van der Waals surface area contributed by atoms with Crippen molar-refractivity contribution in [3.63, 3.8) is 0 Å². The molecule has 1 aromatic carbocycles. The molecule has 0 saturated heterocycles. The van der Waals surface area contributed by atoms with E-state index in [1.165, 1.54) is 6.07 Å². The first kappa shape index (κ1) is 17.3. The van der Waals surface area contributed by atoms with Gasteiger partial charge in [0.25, 0.3) is 5.91 Å². The monoisotopic (exact) mass is 345 g/mol. The van der Waals surface area contributed by atoms with Crippen LogP contribution >= 0.6 is 11.6 Å². The molecule has 0 fully saturated rings. The quantitative estimate of drug-likeness (QED) is 0.811. The maximum atomic E-state index is 13.0. The molecule has 23 heavy (non-hydrogen) atoms. The van der Waals surface area contributed by atoms with E-state index < -0.39 is 23.2 Å². The fourth-order valence-corrected chi connectivity index (χ4v) is 2.32. The van der Waals surface area contributed by atoms with Gasteiger partial charge < -0.3 is 5.32 Å². The van der Waals surface area contributed by atoms with E-state index in [4.69, 9.17) is 11.6 Å². The minimum atomic E-state index is -4.63. The van der Waals surface area contributed by atoms with Crippen LogP contribution in [0, 0.1) is 6.92 Å². The Kier molecular flexibility index (Phi) is 5.30. The van der Waals surface area contributed by atoms with Crippen LogP contribution in [-0.4, -0.2) is 22.6 Å². The SMILES string of the molecule is Cc1[nH]ncc1CCCNC(=O)c1ccc(Cl)cc1C(F)(F)F. The highest BCUT2D eigenvalue weighted by molar-refractivity contribution is 6.30. The van der Waals surface area contributed by atoms with Crippen LogP contribution in [0.15, 0.2) is 24.4 Å². The Morgan fingerprint density at radius 2 is 2.13 bits per heavy atom. The molecular formula is C15H15ClF3N3O. The van der Waals surface area contributed by atoms with Crippen molar-refractivity contribution in [2.45, 2.75) is 25.9 Å². The fourth-order valence-electron chi connectivity index (χ4n) is 2.15. The highest BCUT2D eigenvalue weighted by Gasteiger charge is 2.35. The zero-order valence-electron chi connectivity index (χ0n) is 12.3. The number of halogens is 4. The van der Waals surface area contributed by atoms with Gasteiger partial charge >= 0.3 is 6.18 Å². The predicted molar refractivity (Wildman–Crippen MR) is 80.4 cm³/mol. The third-order valence-corrected chi connectivity index (χ3v) is 3.61. The van der Waals surface area contributed by atoms with Gasteiger partial charge in [-0.15, -0.1) is 0 Å². The second-order valence-electron chi connectivity index (χ2n) is 5.07. The minimum absolute atomic E-state index is 0.0655. The number of amides is 1. The van der Waals surface area contributed by atoms with Crippen LogP contribution in [0.4, 0.5) is 13.2 Å². The van der Waals surface area contributed by atoms with Gasteiger partial charge in [0.1, 0.15) is 0 Å². The third kappa shape index (κ3) is 4.48. The van der Waals surface area contributed by atoms with Crippen molar-refractivity contribution < 1.29 is 18.0 Å². The summed E-state index contributed by atoms with van der Waals surface area (Å²) in [7, 11) is 0. The van der Waals surface area contributed by atoms with E-state index >= 15 is 0 Å². The second kappa shape index (κ2) is 7.04. The summed E-state index contributed by atoms with van der Waals surface area (Å²) in [4.78, 5) is 12.0. The summed E-state index contributed by atoms with van der Waals surface area (Å²) in [6, 6.07) is 3.10. The second-order valence-corrected chi connectivity index (χ2v) is 5.50. The lowest BCUT2D eigenvalue weighted by Crippen LogP contribution is -2.27. The molecule has 0 saturated carbocycles. The molecule has 1 heterocycles. The molecule has 2 aromatic rings. The van der Waals surface area contributed by atoms with Crippen molar-refractivity contribution in [3.8, 4) is 0 Å². The topological polar surface area (TPSA) is 57.8 Å². The number of hydrogen-bond acceptors (Lipinski definition) is 2. The number of carbonyl (C=O) groups is 1. The molecule has 0 spiro atoms. The number of aryl methyl sites for hydroxylation is 2. The van der Waals surface area contributed by atoms with E-state index in [9.17, 15) is 18.0 Å². The van der Waals surface area contributed by atoms with Crippen LogP contribution in [0.1, 0.15) is 33.6 Å². The highest BCUT2D eigenvalue weighted by Crippen LogP contribution is 2.33. The van der Waals surface area contributed by atoms with Crippen molar-refractivity contribution >= 4 is 17.5 Å². The van der Waals surface area contributed by atoms with Crippen molar-refractivity contribution in [2.24, 2.45) is 0 Å². The molecule has 8 heteroatoms. The van der Waals surface area contributed by atoms with Gasteiger partial charge in [-0.25, -0.2) is 0 Å². The standard InChI is InChI=1S/C15H15ClF3N3O/c1-9-10(8-21-22-9)3-2-6-20-14(23)12-5-4-11(16)7-13(12)15(17,18)19/h4-5,7-8H,2-3,6H2,1H3,(H,20,23)(H,21,22). The van der Waals surface area contributed by atoms with Gasteiger partial charge in [-0.3, -0.25) is 9.89 Å². The van der Waals surface area contributed by atoms with Crippen LogP contribution < -0.4 is 5.32 Å². The summed E-state index contributed by atoms with van der Waals surface area (Å²) in [6.07, 6.45) is -1.67. The lowest BCUT2D eigenvalue weighted by Gasteiger charge is -2.13. The van der Waals surface area contributed by atoms with Crippen LogP contribution in [0.2, 0.25) is 5.02 Å². The maximum Gasteiger partial charge on any atom is 0.417 e. The molecule has 4 nitrogen and oxygen atoms in total. The summed E-state index contributed by atoms with van der Waals surface area (Å²) in [5.74, 6) is -0.766. The third-order valence-electron chi connectivity index (χ3n) is 3.37. The Morgan fingerprint density at radius 3 is 2.74 bits per heavy atom. The molecule has 0 unspecified atom stereocenters. The van der Waals surface area contributed by atoms with Crippen LogP contribution in [-0.2, 0) is 12.6 Å². The number of alkyl halides is 3. The smallest absolute Gasteiger partial charge is 0.352 e. The number of H-pyrrole nitrogens is 1. The average molecular weight is 346 g/mol. The minimum Gasteiger partial charge on any atom is -0.352 e. The molecule has 1 aromatic heterocycles. The number of aromatic nitrogens is 2. The molecule has 0 bridgehead atoms. The van der Waals surface area contributed by atoms with Crippen LogP contribution in [0.25, 0.3) is 0 Å². The normalized spacial score (nSPS) is 11.5. The van der Waals surface area contributed by atoms with Crippen molar-refractivity contribution in [2.75, 3.05) is 6.54 Å². The number of nitrogens with zero attached hydrogens (tertiary/aromatic N) is 1. The molecular weight excluding hydrogens is 331 g/mol. The summed E-state index contributed by atoms with van der Waals surface area (Å²) in [5, 5.41) is 9.11. The van der Waals surface area contributed by atoms with Crippen LogP contribution in [0.5, 0.6) is 0 Å². The number of hydrogen-bond donors (Lipinski definition) is 2. The molecule has 0 radical (unpaired) electrons. The molecule has 2 rings (SSSR count). The first-order valence-corrected chi connectivity index (χ1v) is 7.30. The highest BCUT2D eigenvalue weighted by atomic mass is 35.5. The van der Waals surface area contributed by atoms with Gasteiger partial charge in [-0.2, -0.15) is 18.3 Å². The van der Waals surface area contributed by atoms with E-state index in [1.54, 1.807) is 6.20 Å². The molecule has 0 aliphatic carbocycles. The van der Waals surface area contributed by atoms with E-state index in [1.807, 2.05) is 6.92 Å². The largest absolute Gasteiger partial charge is 0.417 e. The molecule has 1 amide bonds. The Labute approximate surface area is 136 Å². The van der Waals surface area contributed by atoms with Crippen LogP contribution in [0.3, 0.4) is 0 Å². The Balaban J connectivity index is 1.97. The predicted octanol–water partition coefficient (Wildman–Crippen LogP) is 3.75. The van der Waals surface area contributed by atoms with Gasteiger partial charge in [-0.05, 0) is 43.5 Å². The number of rotatable bonds is 5. The summed E-state index contributed by atoms with van der Waals surface area (Å²) < 4.78 is 38.9. The molecule has 0 atom stereocenters. The van der Waals surface area contributed by atoms with E-state index in [0.717, 1.165) is 23.4 Å². The number of aromatic amines is 1. The lowest BCUT2D eigenvalue weighted by atomic mass is 10.1. The van der Waals surface area contributed by atoms with Gasteiger partial charge in [0, 0.05) is 17.3 Å². The Hall–Kier alpha value is -2.02. The zero-order valence-corrected chi connectivity index (χ0v) is 13.1. The maximum absolute atomic E-state index is 13.0.